The quantitative estimate of drug-likeness (QED) is 0.846. The molecule has 1 aromatic rings. The number of amides is 1. The van der Waals surface area contributed by atoms with E-state index in [0.717, 1.165) is 31.6 Å². The van der Waals surface area contributed by atoms with Gasteiger partial charge < -0.3 is 19.9 Å². The van der Waals surface area contributed by atoms with Crippen molar-refractivity contribution in [3.05, 3.63) is 18.2 Å². The average Bonchev–Trinajstić information content (AvgIpc) is 2.84. The van der Waals surface area contributed by atoms with Gasteiger partial charge in [-0.2, -0.15) is 0 Å². The van der Waals surface area contributed by atoms with Gasteiger partial charge in [-0.3, -0.25) is 4.79 Å². The van der Waals surface area contributed by atoms with E-state index in [0.29, 0.717) is 18.6 Å². The molecule has 1 saturated heterocycles. The van der Waals surface area contributed by atoms with Gasteiger partial charge in [-0.05, 0) is 26.2 Å². The Morgan fingerprint density at radius 3 is 3.00 bits per heavy atom. The minimum Gasteiger partial charge on any atom is -0.378 e. The molecule has 6 heteroatoms. The van der Waals surface area contributed by atoms with E-state index in [1.807, 2.05) is 24.7 Å². The number of hydrogen-bond donors (Lipinski definition) is 2. The van der Waals surface area contributed by atoms with Crippen molar-refractivity contribution in [2.45, 2.75) is 56.8 Å². The van der Waals surface area contributed by atoms with Crippen LogP contribution in [-0.2, 0) is 16.6 Å². The van der Waals surface area contributed by atoms with Crippen LogP contribution < -0.4 is 10.6 Å². The maximum Gasteiger partial charge on any atom is 0.220 e. The van der Waals surface area contributed by atoms with Gasteiger partial charge in [0.2, 0.25) is 5.91 Å². The SMILES string of the molecule is CCOC1CC(N[C@@H]2CCC(=O)N[C@H]2c2cncn2C)C1. The first-order valence-electron chi connectivity index (χ1n) is 7.80. The summed E-state index contributed by atoms with van der Waals surface area (Å²) in [6, 6.07) is 0.771. The highest BCUT2D eigenvalue weighted by molar-refractivity contribution is 5.77. The van der Waals surface area contributed by atoms with Crippen molar-refractivity contribution >= 4 is 5.91 Å². The van der Waals surface area contributed by atoms with Gasteiger partial charge in [-0.25, -0.2) is 4.98 Å². The molecular weight excluding hydrogens is 268 g/mol. The lowest BCUT2D eigenvalue weighted by Crippen LogP contribution is -2.56. The van der Waals surface area contributed by atoms with Crippen LogP contribution in [0.2, 0.25) is 0 Å². The van der Waals surface area contributed by atoms with Gasteiger partial charge in [0.15, 0.2) is 0 Å². The Hall–Kier alpha value is -1.40. The number of rotatable bonds is 5. The van der Waals surface area contributed by atoms with Gasteiger partial charge in [0, 0.05) is 32.2 Å². The van der Waals surface area contributed by atoms with Crippen molar-refractivity contribution in [2.75, 3.05) is 6.61 Å². The highest BCUT2D eigenvalue weighted by Gasteiger charge is 2.36. The summed E-state index contributed by atoms with van der Waals surface area (Å²) in [6.45, 7) is 2.82. The molecule has 0 radical (unpaired) electrons. The summed E-state index contributed by atoms with van der Waals surface area (Å²) in [5.41, 5.74) is 1.06. The monoisotopic (exact) mass is 292 g/mol. The third-order valence-corrected chi connectivity index (χ3v) is 4.52. The molecule has 1 saturated carbocycles. The summed E-state index contributed by atoms with van der Waals surface area (Å²) in [6.07, 6.45) is 7.62. The van der Waals surface area contributed by atoms with Gasteiger partial charge in [0.25, 0.3) is 0 Å². The number of piperidine rings is 1. The van der Waals surface area contributed by atoms with Gasteiger partial charge in [0.1, 0.15) is 0 Å². The Balaban J connectivity index is 1.63. The molecule has 2 aliphatic rings. The van der Waals surface area contributed by atoms with E-state index in [-0.39, 0.29) is 18.0 Å². The molecule has 1 aliphatic heterocycles. The molecule has 0 spiro atoms. The van der Waals surface area contributed by atoms with Gasteiger partial charge >= 0.3 is 0 Å². The minimum atomic E-state index is 0.00453. The number of aromatic nitrogens is 2. The summed E-state index contributed by atoms with van der Waals surface area (Å²) in [5, 5.41) is 6.80. The summed E-state index contributed by atoms with van der Waals surface area (Å²) < 4.78 is 7.59. The number of imidazole rings is 1. The van der Waals surface area contributed by atoms with Crippen molar-refractivity contribution in [3.8, 4) is 0 Å². The molecule has 0 aromatic carbocycles. The van der Waals surface area contributed by atoms with E-state index in [9.17, 15) is 4.79 Å². The number of nitrogens with one attached hydrogen (secondary N) is 2. The van der Waals surface area contributed by atoms with Gasteiger partial charge in [-0.1, -0.05) is 0 Å². The number of carbonyl (C=O) groups excluding carboxylic acids is 1. The molecule has 1 amide bonds. The molecule has 0 bridgehead atoms. The van der Waals surface area contributed by atoms with Crippen molar-refractivity contribution in [1.29, 1.82) is 0 Å². The van der Waals surface area contributed by atoms with Crippen molar-refractivity contribution in [3.63, 3.8) is 0 Å². The summed E-state index contributed by atoms with van der Waals surface area (Å²) in [7, 11) is 1.97. The maximum atomic E-state index is 11.7. The maximum absolute atomic E-state index is 11.7. The van der Waals surface area contributed by atoms with E-state index < -0.39 is 0 Å². The zero-order chi connectivity index (χ0) is 14.8. The fourth-order valence-electron chi connectivity index (χ4n) is 3.30. The minimum absolute atomic E-state index is 0.00453. The molecule has 21 heavy (non-hydrogen) atoms. The van der Waals surface area contributed by atoms with Crippen molar-refractivity contribution in [1.82, 2.24) is 20.2 Å². The molecule has 2 heterocycles. The average molecular weight is 292 g/mol. The molecule has 0 unspecified atom stereocenters. The third kappa shape index (κ3) is 3.11. The Kier molecular flexibility index (Phi) is 4.26. The van der Waals surface area contributed by atoms with E-state index >= 15 is 0 Å². The van der Waals surface area contributed by atoms with Crippen LogP contribution in [0.1, 0.15) is 44.3 Å². The molecule has 2 atom stereocenters. The predicted octanol–water partition coefficient (Wildman–Crippen LogP) is 0.897. The van der Waals surface area contributed by atoms with Gasteiger partial charge in [-0.15, -0.1) is 0 Å². The number of nitrogens with zero attached hydrogens (tertiary/aromatic N) is 2. The van der Waals surface area contributed by atoms with Crippen LogP contribution in [0.25, 0.3) is 0 Å². The van der Waals surface area contributed by atoms with Crippen LogP contribution in [-0.4, -0.2) is 40.3 Å². The summed E-state index contributed by atoms with van der Waals surface area (Å²) in [4.78, 5) is 15.9. The zero-order valence-corrected chi connectivity index (χ0v) is 12.7. The Morgan fingerprint density at radius 2 is 2.33 bits per heavy atom. The lowest BCUT2D eigenvalue weighted by molar-refractivity contribution is -0.124. The zero-order valence-electron chi connectivity index (χ0n) is 12.7. The molecular formula is C15H24N4O2. The van der Waals surface area contributed by atoms with E-state index in [1.54, 1.807) is 6.33 Å². The molecule has 116 valence electrons. The van der Waals surface area contributed by atoms with E-state index in [1.165, 1.54) is 0 Å². The number of hydrogen-bond acceptors (Lipinski definition) is 4. The van der Waals surface area contributed by atoms with Crippen LogP contribution in [0, 0.1) is 0 Å². The van der Waals surface area contributed by atoms with Crippen LogP contribution in [0.4, 0.5) is 0 Å². The number of ether oxygens (including phenoxy) is 1. The highest BCUT2D eigenvalue weighted by atomic mass is 16.5. The predicted molar refractivity (Wildman–Crippen MR) is 78.7 cm³/mol. The molecule has 3 rings (SSSR count). The van der Waals surface area contributed by atoms with Crippen LogP contribution in [0.15, 0.2) is 12.5 Å². The fourth-order valence-corrected chi connectivity index (χ4v) is 3.30. The Labute approximate surface area is 125 Å². The first kappa shape index (κ1) is 14.5. The first-order chi connectivity index (χ1) is 10.2. The Bertz CT molecular complexity index is 496. The van der Waals surface area contributed by atoms with Crippen LogP contribution in [0.3, 0.4) is 0 Å². The standard InChI is InChI=1S/C15H24N4O2/c1-3-21-11-6-10(7-11)17-12-4-5-14(20)18-15(12)13-8-16-9-19(13)2/h8-12,15,17H,3-7H2,1-2H3,(H,18,20)/t10?,11?,12-,15-/m1/s1. The lowest BCUT2D eigenvalue weighted by Gasteiger charge is -2.41. The number of aryl methyl sites for hydroxylation is 1. The topological polar surface area (TPSA) is 68.2 Å². The van der Waals surface area contributed by atoms with E-state index in [4.69, 9.17) is 4.74 Å². The van der Waals surface area contributed by atoms with E-state index in [2.05, 4.69) is 15.6 Å². The molecule has 1 aromatic heterocycles. The van der Waals surface area contributed by atoms with Crippen molar-refractivity contribution in [2.24, 2.45) is 7.05 Å². The second-order valence-electron chi connectivity index (χ2n) is 6.03. The largest absolute Gasteiger partial charge is 0.378 e. The highest BCUT2D eigenvalue weighted by Crippen LogP contribution is 2.29. The molecule has 2 N–H and O–H groups in total. The molecule has 1 aliphatic carbocycles. The van der Waals surface area contributed by atoms with Gasteiger partial charge in [0.05, 0.1) is 30.4 Å². The molecule has 2 fully saturated rings. The summed E-state index contributed by atoms with van der Waals surface area (Å²) >= 11 is 0. The van der Waals surface area contributed by atoms with Crippen molar-refractivity contribution < 1.29 is 9.53 Å². The number of carbonyl (C=O) groups is 1. The Morgan fingerprint density at radius 1 is 1.52 bits per heavy atom. The second kappa shape index (κ2) is 6.15. The smallest absolute Gasteiger partial charge is 0.220 e. The normalized spacial score (nSPS) is 32.6. The molecule has 6 nitrogen and oxygen atoms in total. The second-order valence-corrected chi connectivity index (χ2v) is 6.03. The fraction of sp³-hybridized carbons (Fsp3) is 0.733. The third-order valence-electron chi connectivity index (χ3n) is 4.52. The summed E-state index contributed by atoms with van der Waals surface area (Å²) in [5.74, 6) is 0.125. The van der Waals surface area contributed by atoms with Crippen LogP contribution >= 0.6 is 0 Å². The van der Waals surface area contributed by atoms with Crippen LogP contribution in [0.5, 0.6) is 0 Å². The lowest BCUT2D eigenvalue weighted by atomic mass is 9.86. The first-order valence-corrected chi connectivity index (χ1v) is 7.80.